The van der Waals surface area contributed by atoms with Crippen molar-refractivity contribution in [1.29, 1.82) is 0 Å². The Morgan fingerprint density at radius 1 is 1.06 bits per heavy atom. The molecule has 0 aromatic heterocycles. The predicted octanol–water partition coefficient (Wildman–Crippen LogP) is 4.31. The first-order chi connectivity index (χ1) is 15.1. The fourth-order valence-electron chi connectivity index (χ4n) is 4.12. The van der Waals surface area contributed by atoms with Gasteiger partial charge in [-0.3, -0.25) is 4.79 Å². The second-order valence-electron chi connectivity index (χ2n) is 8.21. The van der Waals surface area contributed by atoms with Gasteiger partial charge < -0.3 is 19.9 Å². The molecule has 1 amide bonds. The average molecular weight is 426 g/mol. The summed E-state index contributed by atoms with van der Waals surface area (Å²) in [5, 5.41) is 12.2. The molecule has 0 unspecified atom stereocenters. The summed E-state index contributed by atoms with van der Waals surface area (Å²) in [5.41, 5.74) is 2.70. The topological polar surface area (TPSA) is 67.8 Å². The zero-order valence-corrected chi connectivity index (χ0v) is 17.4. The summed E-state index contributed by atoms with van der Waals surface area (Å²) in [6, 6.07) is 14.0. The molecule has 0 bridgehead atoms. The van der Waals surface area contributed by atoms with Crippen LogP contribution >= 0.6 is 0 Å². The lowest BCUT2D eigenvalue weighted by Crippen LogP contribution is -2.37. The van der Waals surface area contributed by atoms with E-state index in [0.717, 1.165) is 42.4 Å². The van der Waals surface area contributed by atoms with Crippen molar-refractivity contribution in [1.82, 2.24) is 5.32 Å². The Bertz CT molecular complexity index is 904. The highest BCUT2D eigenvalue weighted by atomic mass is 19.1. The number of aliphatic hydroxyl groups excluding tert-OH is 1. The van der Waals surface area contributed by atoms with E-state index in [-0.39, 0.29) is 36.1 Å². The van der Waals surface area contributed by atoms with Crippen LogP contribution in [0.25, 0.3) is 0 Å². The standard InChI is InChI=1S/C25H28FNO4/c26-21-11-9-19(10-12-21)20-13-23(25(29)27-22-3-1-2-4-22)31-24(14-20)30-16-18-7-5-17(15-28)6-8-18/h5-13,20,22,24,28H,1-4,14-16H2,(H,27,29)/t20-,24+/m0/s1. The van der Waals surface area contributed by atoms with Crippen LogP contribution in [0.2, 0.25) is 0 Å². The molecule has 1 fully saturated rings. The highest BCUT2D eigenvalue weighted by Gasteiger charge is 2.30. The van der Waals surface area contributed by atoms with Crippen molar-refractivity contribution in [3.05, 3.63) is 82.9 Å². The molecule has 2 aromatic carbocycles. The van der Waals surface area contributed by atoms with Crippen LogP contribution in [0.3, 0.4) is 0 Å². The molecule has 0 spiro atoms. The molecule has 5 nitrogen and oxygen atoms in total. The van der Waals surface area contributed by atoms with Gasteiger partial charge in [-0.15, -0.1) is 0 Å². The lowest BCUT2D eigenvalue weighted by atomic mass is 9.93. The maximum Gasteiger partial charge on any atom is 0.286 e. The number of amides is 1. The van der Waals surface area contributed by atoms with Gasteiger partial charge in [-0.25, -0.2) is 4.39 Å². The molecule has 4 rings (SSSR count). The smallest absolute Gasteiger partial charge is 0.286 e. The van der Waals surface area contributed by atoms with E-state index in [1.165, 1.54) is 12.1 Å². The summed E-state index contributed by atoms with van der Waals surface area (Å²) in [6.07, 6.45) is 5.98. The van der Waals surface area contributed by atoms with E-state index in [9.17, 15) is 14.3 Å². The summed E-state index contributed by atoms with van der Waals surface area (Å²) in [6.45, 7) is 0.320. The van der Waals surface area contributed by atoms with Crippen LogP contribution in [0.1, 0.15) is 54.7 Å². The first kappa shape index (κ1) is 21.5. The van der Waals surface area contributed by atoms with Crippen LogP contribution in [0.5, 0.6) is 0 Å². The zero-order chi connectivity index (χ0) is 21.6. The van der Waals surface area contributed by atoms with Crippen molar-refractivity contribution < 1.29 is 23.8 Å². The van der Waals surface area contributed by atoms with Gasteiger partial charge >= 0.3 is 0 Å². The molecule has 164 valence electrons. The molecular weight excluding hydrogens is 397 g/mol. The van der Waals surface area contributed by atoms with Gasteiger partial charge in [0, 0.05) is 18.4 Å². The lowest BCUT2D eigenvalue weighted by Gasteiger charge is -2.30. The fourth-order valence-corrected chi connectivity index (χ4v) is 4.12. The van der Waals surface area contributed by atoms with Crippen molar-refractivity contribution >= 4 is 5.91 Å². The van der Waals surface area contributed by atoms with Crippen LogP contribution in [-0.2, 0) is 27.5 Å². The Kier molecular flexibility index (Phi) is 6.99. The summed E-state index contributed by atoms with van der Waals surface area (Å²) < 4.78 is 25.3. The van der Waals surface area contributed by atoms with E-state index in [1.54, 1.807) is 12.1 Å². The van der Waals surface area contributed by atoms with Crippen LogP contribution in [0.15, 0.2) is 60.4 Å². The molecule has 2 aromatic rings. The highest BCUT2D eigenvalue weighted by Crippen LogP contribution is 2.32. The van der Waals surface area contributed by atoms with Gasteiger partial charge in [0.1, 0.15) is 5.82 Å². The summed E-state index contributed by atoms with van der Waals surface area (Å²) in [5.74, 6) is -0.369. The quantitative estimate of drug-likeness (QED) is 0.694. The van der Waals surface area contributed by atoms with Gasteiger partial charge in [0.25, 0.3) is 5.91 Å². The molecule has 6 heteroatoms. The molecule has 0 saturated heterocycles. The van der Waals surface area contributed by atoms with E-state index >= 15 is 0 Å². The first-order valence-electron chi connectivity index (χ1n) is 10.9. The number of halogens is 1. The second kappa shape index (κ2) is 10.1. The maximum atomic E-state index is 13.4. The molecule has 1 aliphatic heterocycles. The predicted molar refractivity (Wildman–Crippen MR) is 114 cm³/mol. The van der Waals surface area contributed by atoms with Gasteiger partial charge in [0.05, 0.1) is 13.2 Å². The summed E-state index contributed by atoms with van der Waals surface area (Å²) in [7, 11) is 0. The normalized spacial score (nSPS) is 21.4. The Hall–Kier alpha value is -2.70. The third-order valence-corrected chi connectivity index (χ3v) is 5.91. The van der Waals surface area contributed by atoms with Crippen molar-refractivity contribution in [3.63, 3.8) is 0 Å². The largest absolute Gasteiger partial charge is 0.459 e. The van der Waals surface area contributed by atoms with E-state index in [2.05, 4.69) is 5.32 Å². The van der Waals surface area contributed by atoms with Crippen molar-refractivity contribution in [2.24, 2.45) is 0 Å². The Labute approximate surface area is 181 Å². The van der Waals surface area contributed by atoms with Crippen molar-refractivity contribution in [2.75, 3.05) is 0 Å². The van der Waals surface area contributed by atoms with Gasteiger partial charge in [0.2, 0.25) is 6.29 Å². The van der Waals surface area contributed by atoms with Crippen LogP contribution < -0.4 is 5.32 Å². The van der Waals surface area contributed by atoms with Crippen molar-refractivity contribution in [2.45, 2.75) is 63.6 Å². The monoisotopic (exact) mass is 425 g/mol. The number of carbonyl (C=O) groups is 1. The van der Waals surface area contributed by atoms with Crippen LogP contribution in [0, 0.1) is 5.82 Å². The van der Waals surface area contributed by atoms with Gasteiger partial charge in [0.15, 0.2) is 5.76 Å². The van der Waals surface area contributed by atoms with Crippen molar-refractivity contribution in [3.8, 4) is 0 Å². The van der Waals surface area contributed by atoms with E-state index in [4.69, 9.17) is 9.47 Å². The lowest BCUT2D eigenvalue weighted by molar-refractivity contribution is -0.150. The first-order valence-corrected chi connectivity index (χ1v) is 10.9. The number of benzene rings is 2. The SMILES string of the molecule is O=C(NC1CCCC1)C1=C[C@H](c2ccc(F)cc2)C[C@H](OCc2ccc(CO)cc2)O1. The average Bonchev–Trinajstić information content (AvgIpc) is 3.31. The van der Waals surface area contributed by atoms with Crippen LogP contribution in [-0.4, -0.2) is 23.3 Å². The molecule has 2 atom stereocenters. The Morgan fingerprint density at radius 2 is 1.74 bits per heavy atom. The number of ether oxygens (including phenoxy) is 2. The Morgan fingerprint density at radius 3 is 2.42 bits per heavy atom. The minimum absolute atomic E-state index is 0.00349. The zero-order valence-electron chi connectivity index (χ0n) is 17.4. The molecule has 2 aliphatic rings. The second-order valence-corrected chi connectivity index (χ2v) is 8.21. The van der Waals surface area contributed by atoms with Gasteiger partial charge in [-0.1, -0.05) is 49.2 Å². The molecule has 1 heterocycles. The van der Waals surface area contributed by atoms with Gasteiger partial charge in [-0.2, -0.15) is 0 Å². The summed E-state index contributed by atoms with van der Waals surface area (Å²) in [4.78, 5) is 12.8. The number of aliphatic hydroxyl groups is 1. The number of carbonyl (C=O) groups excluding carboxylic acids is 1. The van der Waals surface area contributed by atoms with Crippen LogP contribution in [0.4, 0.5) is 4.39 Å². The molecule has 1 aliphatic carbocycles. The van der Waals surface area contributed by atoms with Gasteiger partial charge in [-0.05, 0) is 47.7 Å². The van der Waals surface area contributed by atoms with E-state index < -0.39 is 6.29 Å². The molecule has 1 saturated carbocycles. The minimum atomic E-state index is -0.595. The summed E-state index contributed by atoms with van der Waals surface area (Å²) >= 11 is 0. The Balaban J connectivity index is 1.47. The fraction of sp³-hybridized carbons (Fsp3) is 0.400. The van der Waals surface area contributed by atoms with E-state index in [1.807, 2.05) is 30.3 Å². The minimum Gasteiger partial charge on any atom is -0.459 e. The number of rotatable bonds is 7. The number of hydrogen-bond donors (Lipinski definition) is 2. The number of hydrogen-bond acceptors (Lipinski definition) is 4. The third-order valence-electron chi connectivity index (χ3n) is 5.91. The molecule has 2 N–H and O–H groups in total. The number of allylic oxidation sites excluding steroid dienone is 1. The molecular formula is C25H28FNO4. The third kappa shape index (κ3) is 5.71. The highest BCUT2D eigenvalue weighted by molar-refractivity contribution is 5.92. The molecule has 31 heavy (non-hydrogen) atoms. The maximum absolute atomic E-state index is 13.4. The number of nitrogens with one attached hydrogen (secondary N) is 1. The van der Waals surface area contributed by atoms with E-state index in [0.29, 0.717) is 13.0 Å². The molecule has 0 radical (unpaired) electrons.